The van der Waals surface area contributed by atoms with Crippen LogP contribution in [-0.4, -0.2) is 30.0 Å². The second kappa shape index (κ2) is 8.98. The maximum atomic E-state index is 12.5. The van der Waals surface area contributed by atoms with Crippen LogP contribution >= 0.6 is 0 Å². The van der Waals surface area contributed by atoms with Gasteiger partial charge < -0.3 is 14.8 Å². The minimum Gasteiger partial charge on any atom is -0.496 e. The van der Waals surface area contributed by atoms with Crippen molar-refractivity contribution in [3.63, 3.8) is 0 Å². The SMILES string of the molecule is COc1ccc([N+](=O)[O-])cc1C(=O)O[C@H](C)C(=O)Nc1ccccc1C(C)C. The Labute approximate surface area is 162 Å². The fraction of sp³-hybridized carbons (Fsp3) is 0.300. The van der Waals surface area contributed by atoms with E-state index in [1.54, 1.807) is 12.1 Å². The summed E-state index contributed by atoms with van der Waals surface area (Å²) in [7, 11) is 1.33. The average Bonchev–Trinajstić information content (AvgIpc) is 2.67. The molecule has 1 atom stereocenters. The van der Waals surface area contributed by atoms with Gasteiger partial charge in [-0.25, -0.2) is 4.79 Å². The van der Waals surface area contributed by atoms with E-state index in [1.165, 1.54) is 26.2 Å². The minimum atomic E-state index is -1.11. The van der Waals surface area contributed by atoms with Gasteiger partial charge >= 0.3 is 5.97 Å². The highest BCUT2D eigenvalue weighted by Crippen LogP contribution is 2.26. The lowest BCUT2D eigenvalue weighted by Crippen LogP contribution is -2.30. The van der Waals surface area contributed by atoms with E-state index in [0.29, 0.717) is 5.69 Å². The Kier molecular flexibility index (Phi) is 6.70. The number of amides is 1. The molecule has 0 spiro atoms. The molecule has 2 aromatic carbocycles. The molecule has 1 amide bonds. The summed E-state index contributed by atoms with van der Waals surface area (Å²) >= 11 is 0. The second-order valence-electron chi connectivity index (χ2n) is 6.42. The quantitative estimate of drug-likeness (QED) is 0.439. The van der Waals surface area contributed by atoms with E-state index in [9.17, 15) is 19.7 Å². The summed E-state index contributed by atoms with van der Waals surface area (Å²) < 4.78 is 10.3. The number of nitrogens with zero attached hydrogens (tertiary/aromatic N) is 1. The number of ether oxygens (including phenoxy) is 2. The number of hydrogen-bond donors (Lipinski definition) is 1. The molecule has 0 saturated heterocycles. The van der Waals surface area contributed by atoms with Crippen LogP contribution in [0.25, 0.3) is 0 Å². The maximum absolute atomic E-state index is 12.5. The van der Waals surface area contributed by atoms with Crippen molar-refractivity contribution in [1.29, 1.82) is 0 Å². The Bertz CT molecular complexity index is 894. The Hall–Kier alpha value is -3.42. The number of anilines is 1. The van der Waals surface area contributed by atoms with Crippen molar-refractivity contribution < 1.29 is 24.0 Å². The zero-order valence-electron chi connectivity index (χ0n) is 16.1. The van der Waals surface area contributed by atoms with E-state index in [4.69, 9.17) is 9.47 Å². The van der Waals surface area contributed by atoms with Gasteiger partial charge in [0.15, 0.2) is 6.10 Å². The highest BCUT2D eigenvalue weighted by atomic mass is 16.6. The fourth-order valence-electron chi connectivity index (χ4n) is 2.60. The third-order valence-corrected chi connectivity index (χ3v) is 4.11. The lowest BCUT2D eigenvalue weighted by molar-refractivity contribution is -0.384. The van der Waals surface area contributed by atoms with Crippen molar-refractivity contribution in [2.75, 3.05) is 12.4 Å². The van der Waals surface area contributed by atoms with Crippen molar-refractivity contribution in [1.82, 2.24) is 0 Å². The minimum absolute atomic E-state index is 0.119. The number of carbonyl (C=O) groups excluding carboxylic acids is 2. The lowest BCUT2D eigenvalue weighted by atomic mass is 10.0. The number of para-hydroxylation sites is 1. The number of nitrogens with one attached hydrogen (secondary N) is 1. The maximum Gasteiger partial charge on any atom is 0.342 e. The van der Waals surface area contributed by atoms with Gasteiger partial charge in [-0.1, -0.05) is 32.0 Å². The molecule has 0 aliphatic heterocycles. The molecule has 8 nitrogen and oxygen atoms in total. The average molecular weight is 386 g/mol. The molecule has 0 radical (unpaired) electrons. The summed E-state index contributed by atoms with van der Waals surface area (Å²) in [5.41, 5.74) is 1.18. The van der Waals surface area contributed by atoms with Crippen molar-refractivity contribution >= 4 is 23.3 Å². The molecule has 0 aliphatic rings. The normalized spacial score (nSPS) is 11.6. The van der Waals surface area contributed by atoms with E-state index in [-0.39, 0.29) is 22.9 Å². The smallest absolute Gasteiger partial charge is 0.342 e. The zero-order chi connectivity index (χ0) is 20.8. The Morgan fingerprint density at radius 1 is 1.11 bits per heavy atom. The molecule has 2 rings (SSSR count). The number of hydrogen-bond acceptors (Lipinski definition) is 6. The van der Waals surface area contributed by atoms with Crippen LogP contribution in [0.15, 0.2) is 42.5 Å². The molecule has 2 aromatic rings. The fourth-order valence-corrected chi connectivity index (χ4v) is 2.60. The molecular weight excluding hydrogens is 364 g/mol. The van der Waals surface area contributed by atoms with E-state index < -0.39 is 22.9 Å². The van der Waals surface area contributed by atoms with Gasteiger partial charge in [0.2, 0.25) is 0 Å². The number of benzene rings is 2. The molecule has 0 unspecified atom stereocenters. The molecule has 0 aliphatic carbocycles. The molecule has 148 valence electrons. The Morgan fingerprint density at radius 3 is 2.39 bits per heavy atom. The summed E-state index contributed by atoms with van der Waals surface area (Å²) in [6.07, 6.45) is -1.11. The number of rotatable bonds is 7. The first-order valence-electron chi connectivity index (χ1n) is 8.67. The van der Waals surface area contributed by atoms with Gasteiger partial charge in [0, 0.05) is 17.8 Å². The molecule has 8 heteroatoms. The van der Waals surface area contributed by atoms with Crippen LogP contribution < -0.4 is 10.1 Å². The summed E-state index contributed by atoms with van der Waals surface area (Å²) in [6.45, 7) is 5.43. The van der Waals surface area contributed by atoms with Gasteiger partial charge in [0.1, 0.15) is 11.3 Å². The number of nitro groups is 1. The molecule has 0 aromatic heterocycles. The van der Waals surface area contributed by atoms with E-state index in [0.717, 1.165) is 11.6 Å². The predicted octanol–water partition coefficient (Wildman–Crippen LogP) is 3.91. The van der Waals surface area contributed by atoms with Crippen LogP contribution in [0.4, 0.5) is 11.4 Å². The van der Waals surface area contributed by atoms with Crippen molar-refractivity contribution in [3.05, 3.63) is 63.7 Å². The van der Waals surface area contributed by atoms with Gasteiger partial charge in [0.05, 0.1) is 12.0 Å². The van der Waals surface area contributed by atoms with Crippen LogP contribution in [0.5, 0.6) is 5.75 Å². The van der Waals surface area contributed by atoms with Crippen LogP contribution in [0.2, 0.25) is 0 Å². The molecule has 0 saturated carbocycles. The Balaban J connectivity index is 2.15. The first-order chi connectivity index (χ1) is 13.2. The first kappa shape index (κ1) is 20.9. The van der Waals surface area contributed by atoms with E-state index in [2.05, 4.69) is 5.32 Å². The monoisotopic (exact) mass is 386 g/mol. The predicted molar refractivity (Wildman–Crippen MR) is 104 cm³/mol. The van der Waals surface area contributed by atoms with Crippen molar-refractivity contribution in [2.45, 2.75) is 32.8 Å². The van der Waals surface area contributed by atoms with Crippen LogP contribution in [0, 0.1) is 10.1 Å². The topological polar surface area (TPSA) is 108 Å². The van der Waals surface area contributed by atoms with Crippen molar-refractivity contribution in [2.24, 2.45) is 0 Å². The summed E-state index contributed by atoms with van der Waals surface area (Å²) in [4.78, 5) is 35.2. The highest BCUT2D eigenvalue weighted by Gasteiger charge is 2.24. The third-order valence-electron chi connectivity index (χ3n) is 4.11. The van der Waals surface area contributed by atoms with Gasteiger partial charge in [-0.15, -0.1) is 0 Å². The third kappa shape index (κ3) is 4.85. The number of methoxy groups -OCH3 is 1. The summed E-state index contributed by atoms with van der Waals surface area (Å²) in [5.74, 6) is -1.08. The van der Waals surface area contributed by atoms with Gasteiger partial charge in [-0.2, -0.15) is 0 Å². The largest absolute Gasteiger partial charge is 0.496 e. The zero-order valence-corrected chi connectivity index (χ0v) is 16.1. The summed E-state index contributed by atoms with van der Waals surface area (Å²) in [6, 6.07) is 10.9. The highest BCUT2D eigenvalue weighted by molar-refractivity contribution is 5.99. The molecule has 28 heavy (non-hydrogen) atoms. The molecule has 0 fully saturated rings. The number of esters is 1. The van der Waals surface area contributed by atoms with E-state index in [1.807, 2.05) is 26.0 Å². The van der Waals surface area contributed by atoms with Crippen molar-refractivity contribution in [3.8, 4) is 5.75 Å². The molecule has 0 bridgehead atoms. The van der Waals surface area contributed by atoms with Crippen LogP contribution in [0.3, 0.4) is 0 Å². The van der Waals surface area contributed by atoms with Crippen LogP contribution in [0.1, 0.15) is 42.6 Å². The van der Waals surface area contributed by atoms with Gasteiger partial charge in [0.25, 0.3) is 11.6 Å². The number of nitro benzene ring substituents is 1. The molecular formula is C20H22N2O6. The lowest BCUT2D eigenvalue weighted by Gasteiger charge is -2.17. The van der Waals surface area contributed by atoms with Gasteiger partial charge in [-0.05, 0) is 30.5 Å². The number of carbonyl (C=O) groups is 2. The standard InChI is InChI=1S/C20H22N2O6/c1-12(2)15-7-5-6-8-17(15)21-19(23)13(3)28-20(24)16-11-14(22(25)26)9-10-18(16)27-4/h5-13H,1-4H3,(H,21,23)/t13-/m1/s1. The Morgan fingerprint density at radius 2 is 1.79 bits per heavy atom. The second-order valence-corrected chi connectivity index (χ2v) is 6.42. The summed E-state index contributed by atoms with van der Waals surface area (Å²) in [5, 5.41) is 13.7. The van der Waals surface area contributed by atoms with Crippen LogP contribution in [-0.2, 0) is 9.53 Å². The molecule has 0 heterocycles. The molecule has 1 N–H and O–H groups in total. The van der Waals surface area contributed by atoms with E-state index >= 15 is 0 Å². The first-order valence-corrected chi connectivity index (χ1v) is 8.67. The van der Waals surface area contributed by atoms with Gasteiger partial charge in [-0.3, -0.25) is 14.9 Å². The number of non-ortho nitro benzene ring substituents is 1.